The van der Waals surface area contributed by atoms with Crippen molar-refractivity contribution < 1.29 is 13.2 Å². The molecule has 0 aliphatic rings. The van der Waals surface area contributed by atoms with Crippen molar-refractivity contribution in [3.8, 4) is 0 Å². The molecule has 0 amide bonds. The van der Waals surface area contributed by atoms with Crippen molar-refractivity contribution in [1.82, 2.24) is 9.55 Å². The van der Waals surface area contributed by atoms with Crippen molar-refractivity contribution >= 4 is 22.6 Å². The van der Waals surface area contributed by atoms with Crippen LogP contribution in [0.2, 0.25) is 0 Å². The summed E-state index contributed by atoms with van der Waals surface area (Å²) in [5, 5.41) is 0. The van der Waals surface area contributed by atoms with Crippen LogP contribution in [-0.4, -0.2) is 9.55 Å². The lowest BCUT2D eigenvalue weighted by molar-refractivity contribution is -0.137. The van der Waals surface area contributed by atoms with Crippen LogP contribution in [0.1, 0.15) is 24.7 Å². The number of aryl methyl sites for hydroxylation is 1. The summed E-state index contributed by atoms with van der Waals surface area (Å²) in [6.45, 7) is 2.69. The van der Waals surface area contributed by atoms with Crippen LogP contribution in [-0.2, 0) is 18.6 Å². The second kappa shape index (κ2) is 4.80. The van der Waals surface area contributed by atoms with Crippen LogP contribution < -0.4 is 0 Å². The van der Waals surface area contributed by atoms with Crippen LogP contribution in [0.5, 0.6) is 0 Å². The van der Waals surface area contributed by atoms with Gasteiger partial charge in [0, 0.05) is 6.54 Å². The summed E-state index contributed by atoms with van der Waals surface area (Å²) in [5.41, 5.74) is 0.353. The SMILES string of the molecule is CCCn1c(CCl)nc2cc(C(F)(F)F)ccc21. The number of nitrogens with zero attached hydrogens (tertiary/aromatic N) is 2. The third kappa shape index (κ3) is 2.32. The summed E-state index contributed by atoms with van der Waals surface area (Å²) in [7, 11) is 0. The van der Waals surface area contributed by atoms with Crippen molar-refractivity contribution in [2.75, 3.05) is 0 Å². The Hall–Kier alpha value is -1.23. The van der Waals surface area contributed by atoms with Gasteiger partial charge in [0.25, 0.3) is 0 Å². The number of benzene rings is 1. The third-order valence-electron chi connectivity index (χ3n) is 2.72. The molecule has 0 N–H and O–H groups in total. The van der Waals surface area contributed by atoms with E-state index in [1.807, 2.05) is 11.5 Å². The van der Waals surface area contributed by atoms with E-state index in [1.165, 1.54) is 6.07 Å². The Labute approximate surface area is 107 Å². The molecule has 2 rings (SSSR count). The normalized spacial score (nSPS) is 12.3. The molecule has 0 unspecified atom stereocenters. The molecular weight excluding hydrogens is 265 g/mol. The molecule has 18 heavy (non-hydrogen) atoms. The average Bonchev–Trinajstić information content (AvgIpc) is 2.66. The first-order valence-corrected chi connectivity index (χ1v) is 6.13. The maximum absolute atomic E-state index is 12.6. The minimum Gasteiger partial charge on any atom is -0.327 e. The summed E-state index contributed by atoms with van der Waals surface area (Å²) in [5.74, 6) is 0.795. The monoisotopic (exact) mass is 276 g/mol. The predicted octanol–water partition coefficient (Wildman–Crippen LogP) is 4.20. The summed E-state index contributed by atoms with van der Waals surface area (Å²) >= 11 is 5.76. The highest BCUT2D eigenvalue weighted by molar-refractivity contribution is 6.16. The number of imidazole rings is 1. The van der Waals surface area contributed by atoms with Gasteiger partial charge in [-0.25, -0.2) is 4.98 Å². The van der Waals surface area contributed by atoms with Gasteiger partial charge in [0.15, 0.2) is 0 Å². The number of aromatic nitrogens is 2. The Morgan fingerprint density at radius 3 is 2.61 bits per heavy atom. The van der Waals surface area contributed by atoms with Gasteiger partial charge < -0.3 is 4.57 Å². The molecule has 0 spiro atoms. The van der Waals surface area contributed by atoms with Crippen LogP contribution in [0.3, 0.4) is 0 Å². The Morgan fingerprint density at radius 2 is 2.06 bits per heavy atom. The Morgan fingerprint density at radius 1 is 1.33 bits per heavy atom. The van der Waals surface area contributed by atoms with E-state index in [1.54, 1.807) is 0 Å². The molecule has 0 radical (unpaired) electrons. The zero-order chi connectivity index (χ0) is 13.3. The van der Waals surface area contributed by atoms with Crippen molar-refractivity contribution in [3.05, 3.63) is 29.6 Å². The van der Waals surface area contributed by atoms with Crippen LogP contribution in [0.25, 0.3) is 11.0 Å². The van der Waals surface area contributed by atoms with Crippen molar-refractivity contribution in [2.24, 2.45) is 0 Å². The molecule has 0 atom stereocenters. The average molecular weight is 277 g/mol. The molecule has 2 aromatic rings. The van der Waals surface area contributed by atoms with Crippen LogP contribution in [0.15, 0.2) is 18.2 Å². The molecule has 1 aromatic carbocycles. The Bertz CT molecular complexity index is 560. The van der Waals surface area contributed by atoms with Gasteiger partial charge in [-0.15, -0.1) is 11.6 Å². The zero-order valence-electron chi connectivity index (χ0n) is 9.76. The van der Waals surface area contributed by atoms with E-state index in [-0.39, 0.29) is 5.88 Å². The van der Waals surface area contributed by atoms with Crippen molar-refractivity contribution in [2.45, 2.75) is 31.9 Å². The van der Waals surface area contributed by atoms with E-state index >= 15 is 0 Å². The van der Waals surface area contributed by atoms with Gasteiger partial charge in [-0.1, -0.05) is 6.92 Å². The largest absolute Gasteiger partial charge is 0.416 e. The number of fused-ring (bicyclic) bond motifs is 1. The summed E-state index contributed by atoms with van der Waals surface area (Å²) in [4.78, 5) is 4.15. The molecule has 0 saturated carbocycles. The standard InChI is InChI=1S/C12H12ClF3N2/c1-2-5-18-10-4-3-8(12(14,15)16)6-9(10)17-11(18)7-13/h3-4,6H,2,5,7H2,1H3. The lowest BCUT2D eigenvalue weighted by atomic mass is 10.2. The quantitative estimate of drug-likeness (QED) is 0.768. The number of hydrogen-bond donors (Lipinski definition) is 0. The number of rotatable bonds is 3. The van der Waals surface area contributed by atoms with Gasteiger partial charge in [0.05, 0.1) is 22.5 Å². The topological polar surface area (TPSA) is 17.8 Å². The van der Waals surface area contributed by atoms with Gasteiger partial charge in [0.1, 0.15) is 5.82 Å². The minimum atomic E-state index is -4.34. The third-order valence-corrected chi connectivity index (χ3v) is 2.96. The van der Waals surface area contributed by atoms with Gasteiger partial charge in [-0.3, -0.25) is 0 Å². The molecular formula is C12H12ClF3N2. The maximum Gasteiger partial charge on any atom is 0.416 e. The maximum atomic E-state index is 12.6. The minimum absolute atomic E-state index is 0.191. The fraction of sp³-hybridized carbons (Fsp3) is 0.417. The van der Waals surface area contributed by atoms with E-state index in [0.717, 1.165) is 18.6 Å². The van der Waals surface area contributed by atoms with Gasteiger partial charge >= 0.3 is 6.18 Å². The molecule has 6 heteroatoms. The second-order valence-corrected chi connectivity index (χ2v) is 4.28. The number of alkyl halides is 4. The van der Waals surface area contributed by atoms with Crippen LogP contribution in [0, 0.1) is 0 Å². The lowest BCUT2D eigenvalue weighted by Crippen LogP contribution is -2.04. The molecule has 0 saturated heterocycles. The predicted molar refractivity (Wildman–Crippen MR) is 64.6 cm³/mol. The fourth-order valence-corrected chi connectivity index (χ4v) is 2.14. The summed E-state index contributed by atoms with van der Waals surface area (Å²) in [6.07, 6.45) is -3.47. The molecule has 98 valence electrons. The van der Waals surface area contributed by atoms with Crippen LogP contribution >= 0.6 is 11.6 Å². The van der Waals surface area contributed by atoms with E-state index in [0.29, 0.717) is 23.4 Å². The zero-order valence-corrected chi connectivity index (χ0v) is 10.5. The van der Waals surface area contributed by atoms with Gasteiger partial charge in [-0.05, 0) is 24.6 Å². The summed E-state index contributed by atoms with van der Waals surface area (Å²) in [6, 6.07) is 3.60. The van der Waals surface area contributed by atoms with Crippen LogP contribution in [0.4, 0.5) is 13.2 Å². The molecule has 2 nitrogen and oxygen atoms in total. The molecule has 0 aliphatic heterocycles. The van der Waals surface area contributed by atoms with Gasteiger partial charge in [-0.2, -0.15) is 13.2 Å². The number of hydrogen-bond acceptors (Lipinski definition) is 1. The molecule has 1 aromatic heterocycles. The smallest absolute Gasteiger partial charge is 0.327 e. The lowest BCUT2D eigenvalue weighted by Gasteiger charge is -2.07. The van der Waals surface area contributed by atoms with Crippen molar-refractivity contribution in [1.29, 1.82) is 0 Å². The Kier molecular flexibility index (Phi) is 3.52. The van der Waals surface area contributed by atoms with E-state index in [2.05, 4.69) is 4.98 Å². The van der Waals surface area contributed by atoms with Gasteiger partial charge in [0.2, 0.25) is 0 Å². The Balaban J connectivity index is 2.59. The van der Waals surface area contributed by atoms with E-state index in [4.69, 9.17) is 11.6 Å². The first kappa shape index (κ1) is 13.2. The van der Waals surface area contributed by atoms with E-state index in [9.17, 15) is 13.2 Å². The highest BCUT2D eigenvalue weighted by Gasteiger charge is 2.31. The van der Waals surface area contributed by atoms with E-state index < -0.39 is 11.7 Å². The molecule has 1 heterocycles. The molecule has 0 bridgehead atoms. The highest BCUT2D eigenvalue weighted by Crippen LogP contribution is 2.31. The summed E-state index contributed by atoms with van der Waals surface area (Å²) < 4.78 is 39.6. The fourth-order valence-electron chi connectivity index (χ4n) is 1.93. The van der Waals surface area contributed by atoms with Crippen molar-refractivity contribution in [3.63, 3.8) is 0 Å². The molecule has 0 fully saturated rings. The second-order valence-electron chi connectivity index (χ2n) is 4.01. The molecule has 0 aliphatic carbocycles. The highest BCUT2D eigenvalue weighted by atomic mass is 35.5. The number of halogens is 4. The first-order valence-electron chi connectivity index (χ1n) is 5.59. The first-order chi connectivity index (χ1) is 8.47.